The molecule has 0 atom stereocenters. The third kappa shape index (κ3) is 4.75. The number of hydrogen-bond acceptors (Lipinski definition) is 6. The molecule has 5 rings (SSSR count). The van der Waals surface area contributed by atoms with Gasteiger partial charge >= 0.3 is 0 Å². The highest BCUT2D eigenvalue weighted by Crippen LogP contribution is 2.17. The summed E-state index contributed by atoms with van der Waals surface area (Å²) in [5.41, 5.74) is 3.70. The van der Waals surface area contributed by atoms with E-state index in [4.69, 9.17) is 4.42 Å². The minimum atomic E-state index is -0.0787. The molecule has 1 N–H and O–H groups in total. The first kappa shape index (κ1) is 20.8. The van der Waals surface area contributed by atoms with Crippen LogP contribution in [0.2, 0.25) is 0 Å². The Morgan fingerprint density at radius 3 is 2.70 bits per heavy atom. The lowest BCUT2D eigenvalue weighted by atomic mass is 10.1. The fourth-order valence-corrected chi connectivity index (χ4v) is 4.01. The number of aromatic amines is 1. The van der Waals surface area contributed by atoms with Crippen molar-refractivity contribution in [3.8, 4) is 0 Å². The third-order valence-corrected chi connectivity index (χ3v) is 5.66. The predicted octanol–water partition coefficient (Wildman–Crippen LogP) is 3.67. The highest BCUT2D eigenvalue weighted by molar-refractivity contribution is 5.81. The molecule has 2 aromatic carbocycles. The maximum absolute atomic E-state index is 12.9. The number of tetrazole rings is 1. The average Bonchev–Trinajstić information content (AvgIpc) is 3.48. The summed E-state index contributed by atoms with van der Waals surface area (Å²) in [7, 11) is 0. The maximum atomic E-state index is 12.9. The summed E-state index contributed by atoms with van der Waals surface area (Å²) < 4.78 is 7.18. The van der Waals surface area contributed by atoms with Crippen LogP contribution in [0.4, 0.5) is 0 Å². The van der Waals surface area contributed by atoms with Gasteiger partial charge in [0, 0.05) is 18.7 Å². The van der Waals surface area contributed by atoms with Crippen molar-refractivity contribution >= 4 is 10.9 Å². The Morgan fingerprint density at radius 1 is 1.00 bits per heavy atom. The van der Waals surface area contributed by atoms with Crippen molar-refractivity contribution in [3.63, 3.8) is 0 Å². The van der Waals surface area contributed by atoms with Crippen molar-refractivity contribution in [2.24, 2.45) is 0 Å². The summed E-state index contributed by atoms with van der Waals surface area (Å²) in [5, 5.41) is 13.2. The summed E-state index contributed by atoms with van der Waals surface area (Å²) in [6.07, 6.45) is 1.63. The van der Waals surface area contributed by atoms with Gasteiger partial charge in [0.15, 0.2) is 5.82 Å². The molecule has 0 aliphatic heterocycles. The molecular weight excluding hydrogens is 416 g/mol. The fourth-order valence-electron chi connectivity index (χ4n) is 4.01. The van der Waals surface area contributed by atoms with Crippen LogP contribution in [0, 0.1) is 6.92 Å². The van der Waals surface area contributed by atoms with E-state index in [1.807, 2.05) is 61.5 Å². The molecule has 0 amide bonds. The lowest BCUT2D eigenvalue weighted by molar-refractivity contribution is 0.235. The lowest BCUT2D eigenvalue weighted by Gasteiger charge is -2.22. The number of nitrogens with zero attached hydrogens (tertiary/aromatic N) is 5. The van der Waals surface area contributed by atoms with Crippen LogP contribution in [0.1, 0.15) is 28.3 Å². The Hall–Kier alpha value is -4.04. The number of para-hydroxylation sites is 1. The Bertz CT molecular complexity index is 1410. The zero-order valence-electron chi connectivity index (χ0n) is 18.3. The van der Waals surface area contributed by atoms with E-state index in [9.17, 15) is 4.79 Å². The van der Waals surface area contributed by atoms with Gasteiger partial charge in [0.25, 0.3) is 5.56 Å². The summed E-state index contributed by atoms with van der Waals surface area (Å²) in [5.74, 6) is 1.48. The number of aromatic nitrogens is 5. The Labute approximate surface area is 190 Å². The number of pyridine rings is 1. The number of fused-ring (bicyclic) bond motifs is 1. The van der Waals surface area contributed by atoms with Crippen LogP contribution in [0.15, 0.2) is 82.2 Å². The number of hydrogen-bond donors (Lipinski definition) is 1. The van der Waals surface area contributed by atoms with Crippen molar-refractivity contribution in [2.45, 2.75) is 33.1 Å². The van der Waals surface area contributed by atoms with Gasteiger partial charge in [-0.15, -0.1) is 5.10 Å². The van der Waals surface area contributed by atoms with Gasteiger partial charge in [-0.05, 0) is 52.1 Å². The number of benzene rings is 2. The Kier molecular flexibility index (Phi) is 5.82. The summed E-state index contributed by atoms with van der Waals surface area (Å²) >= 11 is 0. The van der Waals surface area contributed by atoms with Crippen LogP contribution in [-0.2, 0) is 26.2 Å². The van der Waals surface area contributed by atoms with Crippen LogP contribution >= 0.6 is 0 Å². The molecule has 0 saturated heterocycles. The second-order valence-electron chi connectivity index (χ2n) is 8.13. The van der Waals surface area contributed by atoms with E-state index in [1.54, 1.807) is 10.9 Å². The molecule has 3 heterocycles. The summed E-state index contributed by atoms with van der Waals surface area (Å²) in [6, 6.07) is 21.9. The van der Waals surface area contributed by atoms with E-state index in [-0.39, 0.29) is 5.56 Å². The quantitative estimate of drug-likeness (QED) is 0.396. The third-order valence-electron chi connectivity index (χ3n) is 5.66. The number of H-pyrrole nitrogens is 1. The first-order chi connectivity index (χ1) is 16.2. The van der Waals surface area contributed by atoms with Crippen molar-refractivity contribution in [1.82, 2.24) is 30.1 Å². The largest absolute Gasteiger partial charge is 0.467 e. The molecule has 0 saturated carbocycles. The van der Waals surface area contributed by atoms with Crippen LogP contribution in [0.3, 0.4) is 0 Å². The normalized spacial score (nSPS) is 11.5. The molecule has 5 aromatic rings. The zero-order chi connectivity index (χ0) is 22.6. The molecule has 0 spiro atoms. The van der Waals surface area contributed by atoms with Gasteiger partial charge in [-0.2, -0.15) is 0 Å². The minimum absolute atomic E-state index is 0.0787. The fraction of sp³-hybridized carbons (Fsp3) is 0.200. The van der Waals surface area contributed by atoms with Crippen LogP contribution < -0.4 is 5.56 Å². The molecule has 0 fully saturated rings. The maximum Gasteiger partial charge on any atom is 0.252 e. The first-order valence-electron chi connectivity index (χ1n) is 10.8. The van der Waals surface area contributed by atoms with E-state index in [0.717, 1.165) is 27.8 Å². The van der Waals surface area contributed by atoms with E-state index in [2.05, 4.69) is 37.5 Å². The number of rotatable bonds is 8. The molecule has 33 heavy (non-hydrogen) atoms. The SMILES string of the molecule is Cc1cccc2cc(CN(Cc3ccccc3)Cc3nnnn3Cc3ccco3)c(=O)[nH]c12. The molecule has 0 unspecified atom stereocenters. The number of furan rings is 1. The van der Waals surface area contributed by atoms with Crippen LogP contribution in [-0.4, -0.2) is 30.1 Å². The molecule has 166 valence electrons. The van der Waals surface area contributed by atoms with Crippen molar-refractivity contribution < 1.29 is 4.42 Å². The van der Waals surface area contributed by atoms with Gasteiger partial charge in [-0.25, -0.2) is 4.68 Å². The summed E-state index contributed by atoms with van der Waals surface area (Å²) in [4.78, 5) is 18.1. The molecule has 0 aliphatic rings. The second kappa shape index (κ2) is 9.22. The van der Waals surface area contributed by atoms with Gasteiger partial charge < -0.3 is 9.40 Å². The first-order valence-corrected chi connectivity index (χ1v) is 10.8. The molecule has 0 bridgehead atoms. The standard InChI is InChI=1S/C25H24N6O2/c1-18-7-5-10-20-13-21(25(32)26-24(18)20)15-30(14-19-8-3-2-4-9-19)17-23-27-28-29-31(23)16-22-11-6-12-33-22/h2-13H,14-17H2,1H3,(H,26,32). The Morgan fingerprint density at radius 2 is 1.88 bits per heavy atom. The van der Waals surface area contributed by atoms with Crippen molar-refractivity contribution in [2.75, 3.05) is 0 Å². The van der Waals surface area contributed by atoms with Gasteiger partial charge in [0.05, 0.1) is 18.3 Å². The van der Waals surface area contributed by atoms with Gasteiger partial charge in [-0.3, -0.25) is 9.69 Å². The zero-order valence-corrected chi connectivity index (χ0v) is 18.3. The van der Waals surface area contributed by atoms with E-state index >= 15 is 0 Å². The predicted molar refractivity (Wildman–Crippen MR) is 124 cm³/mol. The number of nitrogens with one attached hydrogen (secondary N) is 1. The Balaban J connectivity index is 1.45. The lowest BCUT2D eigenvalue weighted by Crippen LogP contribution is -2.28. The van der Waals surface area contributed by atoms with E-state index < -0.39 is 0 Å². The molecule has 3 aromatic heterocycles. The number of aryl methyl sites for hydroxylation is 1. The van der Waals surface area contributed by atoms with Crippen molar-refractivity contribution in [1.29, 1.82) is 0 Å². The molecule has 0 radical (unpaired) electrons. The van der Waals surface area contributed by atoms with E-state index in [1.165, 1.54) is 0 Å². The second-order valence-corrected chi connectivity index (χ2v) is 8.13. The highest BCUT2D eigenvalue weighted by Gasteiger charge is 2.16. The smallest absolute Gasteiger partial charge is 0.252 e. The molecular formula is C25H24N6O2. The minimum Gasteiger partial charge on any atom is -0.467 e. The summed E-state index contributed by atoms with van der Waals surface area (Å²) in [6.45, 7) is 4.04. The van der Waals surface area contributed by atoms with Crippen LogP contribution in [0.5, 0.6) is 0 Å². The monoisotopic (exact) mass is 440 g/mol. The van der Waals surface area contributed by atoms with Gasteiger partial charge in [0.1, 0.15) is 12.3 Å². The molecule has 0 aliphatic carbocycles. The molecule has 8 nitrogen and oxygen atoms in total. The molecule has 8 heteroatoms. The van der Waals surface area contributed by atoms with Crippen molar-refractivity contribution in [3.05, 3.63) is 112 Å². The van der Waals surface area contributed by atoms with Gasteiger partial charge in [-0.1, -0.05) is 48.5 Å². The highest BCUT2D eigenvalue weighted by atomic mass is 16.3. The topological polar surface area (TPSA) is 92.8 Å². The van der Waals surface area contributed by atoms with Crippen LogP contribution in [0.25, 0.3) is 10.9 Å². The average molecular weight is 441 g/mol. The van der Waals surface area contributed by atoms with Gasteiger partial charge in [0.2, 0.25) is 0 Å². The van der Waals surface area contributed by atoms with E-state index in [0.29, 0.717) is 37.6 Å².